The average molecular weight is 317 g/mol. The van der Waals surface area contributed by atoms with Gasteiger partial charge in [-0.25, -0.2) is 0 Å². The monoisotopic (exact) mass is 316 g/mol. The van der Waals surface area contributed by atoms with E-state index >= 15 is 0 Å². The summed E-state index contributed by atoms with van der Waals surface area (Å²) >= 11 is 0. The number of carbonyl (C=O) groups is 2. The van der Waals surface area contributed by atoms with Gasteiger partial charge in [-0.2, -0.15) is 0 Å². The summed E-state index contributed by atoms with van der Waals surface area (Å²) in [5, 5.41) is 0.151. The number of hydrogen-bond donors (Lipinski definition) is 0. The molecular formula is C16H32O4Si. The number of ether oxygens (including phenoxy) is 1. The molecule has 0 atom stereocenters. The number of rotatable bonds is 8. The number of ketones is 1. The molecule has 0 aliphatic heterocycles. The van der Waals surface area contributed by atoms with Crippen molar-refractivity contribution in [2.45, 2.75) is 72.5 Å². The first kappa shape index (κ1) is 20.3. The van der Waals surface area contributed by atoms with Gasteiger partial charge in [0.25, 0.3) is 0 Å². The van der Waals surface area contributed by atoms with Gasteiger partial charge in [0, 0.05) is 13.0 Å². The number of hydrogen-bond acceptors (Lipinski definition) is 4. The van der Waals surface area contributed by atoms with Crippen molar-refractivity contribution in [2.24, 2.45) is 5.41 Å². The molecule has 5 heteroatoms. The van der Waals surface area contributed by atoms with E-state index in [0.29, 0.717) is 19.6 Å². The van der Waals surface area contributed by atoms with Gasteiger partial charge in [0.05, 0.1) is 6.61 Å². The molecule has 0 unspecified atom stereocenters. The van der Waals surface area contributed by atoms with Crippen molar-refractivity contribution in [3.05, 3.63) is 0 Å². The fourth-order valence-corrected chi connectivity index (χ4v) is 2.80. The third-order valence-corrected chi connectivity index (χ3v) is 8.43. The summed E-state index contributed by atoms with van der Waals surface area (Å²) in [5.74, 6) is -0.527. The largest absolute Gasteiger partial charge is 0.466 e. The van der Waals surface area contributed by atoms with Crippen LogP contribution in [0.1, 0.15) is 54.4 Å². The van der Waals surface area contributed by atoms with E-state index in [1.807, 2.05) is 13.8 Å². The Balaban J connectivity index is 4.44. The highest BCUT2D eigenvalue weighted by atomic mass is 28.4. The topological polar surface area (TPSA) is 52.6 Å². The zero-order valence-electron chi connectivity index (χ0n) is 15.0. The van der Waals surface area contributed by atoms with E-state index in [1.54, 1.807) is 6.92 Å². The molecule has 0 N–H and O–H groups in total. The minimum Gasteiger partial charge on any atom is -0.466 e. The molecule has 0 rings (SSSR count). The summed E-state index contributed by atoms with van der Waals surface area (Å²) in [4.78, 5) is 23.2. The lowest BCUT2D eigenvalue weighted by Crippen LogP contribution is -2.43. The molecular weight excluding hydrogens is 284 g/mol. The van der Waals surface area contributed by atoms with Gasteiger partial charge in [-0.3, -0.25) is 9.59 Å². The van der Waals surface area contributed by atoms with Gasteiger partial charge in [-0.1, -0.05) is 34.6 Å². The van der Waals surface area contributed by atoms with Crippen LogP contribution in [0.3, 0.4) is 0 Å². The first-order valence-corrected chi connectivity index (χ1v) is 10.5. The van der Waals surface area contributed by atoms with E-state index in [9.17, 15) is 9.59 Å². The summed E-state index contributed by atoms with van der Waals surface area (Å²) in [7, 11) is -1.81. The first-order chi connectivity index (χ1) is 9.31. The molecule has 0 saturated carbocycles. The average Bonchev–Trinajstić information content (AvgIpc) is 2.24. The summed E-state index contributed by atoms with van der Waals surface area (Å²) in [6.45, 7) is 17.6. The summed E-state index contributed by atoms with van der Waals surface area (Å²) in [6, 6.07) is 0. The highest BCUT2D eigenvalue weighted by molar-refractivity contribution is 6.74. The quantitative estimate of drug-likeness (QED) is 0.386. The van der Waals surface area contributed by atoms with Gasteiger partial charge in [0.2, 0.25) is 0 Å². The van der Waals surface area contributed by atoms with Crippen LogP contribution in [-0.4, -0.2) is 33.3 Å². The highest BCUT2D eigenvalue weighted by Gasteiger charge is 2.38. The molecule has 4 nitrogen and oxygen atoms in total. The maximum atomic E-state index is 11.9. The Bertz CT molecular complexity index is 367. The Hall–Kier alpha value is -0.683. The Morgan fingerprint density at radius 3 is 2.00 bits per heavy atom. The molecule has 124 valence electrons. The van der Waals surface area contributed by atoms with E-state index < -0.39 is 14.3 Å². The zero-order valence-corrected chi connectivity index (χ0v) is 16.0. The predicted molar refractivity (Wildman–Crippen MR) is 87.8 cm³/mol. The van der Waals surface area contributed by atoms with Crippen molar-refractivity contribution in [2.75, 3.05) is 13.2 Å². The molecule has 0 spiro atoms. The molecule has 0 aliphatic rings. The molecule has 0 aromatic heterocycles. The molecule has 0 heterocycles. The van der Waals surface area contributed by atoms with Crippen LogP contribution in [-0.2, 0) is 18.8 Å². The van der Waals surface area contributed by atoms with Gasteiger partial charge in [0.1, 0.15) is 12.2 Å². The van der Waals surface area contributed by atoms with Crippen LogP contribution < -0.4 is 0 Å². The SMILES string of the molecule is CCOC(=O)CC(=O)CC(C)(C)CO[Si](C)(C)C(C)(C)C. The normalized spacial score (nSPS) is 13.1. The second kappa shape index (κ2) is 7.54. The zero-order chi connectivity index (χ0) is 16.9. The molecule has 0 amide bonds. The maximum absolute atomic E-state index is 11.9. The fourth-order valence-electron chi connectivity index (χ4n) is 1.61. The lowest BCUT2D eigenvalue weighted by Gasteiger charge is -2.39. The lowest BCUT2D eigenvalue weighted by molar-refractivity contribution is -0.145. The third kappa shape index (κ3) is 7.76. The lowest BCUT2D eigenvalue weighted by atomic mass is 9.87. The smallest absolute Gasteiger partial charge is 0.313 e. The first-order valence-electron chi connectivity index (χ1n) is 7.62. The van der Waals surface area contributed by atoms with Crippen LogP contribution in [0.5, 0.6) is 0 Å². The second-order valence-electron chi connectivity index (χ2n) is 7.91. The van der Waals surface area contributed by atoms with Crippen molar-refractivity contribution >= 4 is 20.1 Å². The predicted octanol–water partition coefficient (Wildman–Crippen LogP) is 3.95. The standard InChI is InChI=1S/C16H32O4Si/c1-9-19-14(18)10-13(17)11-16(5,6)12-20-21(7,8)15(2,3)4/h9-12H2,1-8H3. The van der Waals surface area contributed by atoms with Gasteiger partial charge < -0.3 is 9.16 Å². The van der Waals surface area contributed by atoms with E-state index in [0.717, 1.165) is 0 Å². The van der Waals surface area contributed by atoms with Crippen LogP contribution in [0.25, 0.3) is 0 Å². The Kier molecular flexibility index (Phi) is 7.30. The Labute approximate surface area is 130 Å². The fraction of sp³-hybridized carbons (Fsp3) is 0.875. The van der Waals surface area contributed by atoms with Gasteiger partial charge in [-0.05, 0) is 30.5 Å². The molecule has 0 radical (unpaired) electrons. The van der Waals surface area contributed by atoms with E-state index in [1.165, 1.54) is 0 Å². The molecule has 21 heavy (non-hydrogen) atoms. The summed E-state index contributed by atoms with van der Waals surface area (Å²) < 4.78 is 11.0. The Morgan fingerprint density at radius 2 is 1.57 bits per heavy atom. The van der Waals surface area contributed by atoms with Crippen molar-refractivity contribution in [3.8, 4) is 0 Å². The molecule has 0 aromatic carbocycles. The number of Topliss-reactive ketones (excluding diaryl/α,β-unsaturated/α-hetero) is 1. The van der Waals surface area contributed by atoms with E-state index in [2.05, 4.69) is 33.9 Å². The van der Waals surface area contributed by atoms with Crippen LogP contribution in [0.15, 0.2) is 0 Å². The minimum absolute atomic E-state index is 0.0859. The summed E-state index contributed by atoms with van der Waals surface area (Å²) in [5.41, 5.74) is -0.265. The molecule has 0 aliphatic carbocycles. The van der Waals surface area contributed by atoms with Crippen LogP contribution >= 0.6 is 0 Å². The van der Waals surface area contributed by atoms with Crippen molar-refractivity contribution in [3.63, 3.8) is 0 Å². The second-order valence-corrected chi connectivity index (χ2v) is 12.7. The maximum Gasteiger partial charge on any atom is 0.313 e. The van der Waals surface area contributed by atoms with Gasteiger partial charge in [0.15, 0.2) is 8.32 Å². The van der Waals surface area contributed by atoms with Crippen molar-refractivity contribution < 1.29 is 18.8 Å². The molecule has 0 aromatic rings. The molecule has 0 fully saturated rings. The van der Waals surface area contributed by atoms with E-state index in [4.69, 9.17) is 9.16 Å². The molecule has 0 saturated heterocycles. The number of esters is 1. The van der Waals surface area contributed by atoms with Crippen LogP contribution in [0, 0.1) is 5.41 Å². The van der Waals surface area contributed by atoms with Crippen molar-refractivity contribution in [1.29, 1.82) is 0 Å². The minimum atomic E-state index is -1.81. The van der Waals surface area contributed by atoms with Crippen LogP contribution in [0.4, 0.5) is 0 Å². The highest BCUT2D eigenvalue weighted by Crippen LogP contribution is 2.38. The van der Waals surface area contributed by atoms with E-state index in [-0.39, 0.29) is 22.7 Å². The van der Waals surface area contributed by atoms with Crippen molar-refractivity contribution in [1.82, 2.24) is 0 Å². The van der Waals surface area contributed by atoms with Gasteiger partial charge in [-0.15, -0.1) is 0 Å². The summed E-state index contributed by atoms with van der Waals surface area (Å²) in [6.07, 6.45) is 0.192. The molecule has 0 bridgehead atoms. The number of carbonyl (C=O) groups excluding carboxylic acids is 2. The van der Waals surface area contributed by atoms with Gasteiger partial charge >= 0.3 is 5.97 Å². The third-order valence-electron chi connectivity index (χ3n) is 3.95. The van der Waals surface area contributed by atoms with Crippen LogP contribution in [0.2, 0.25) is 18.1 Å². The Morgan fingerprint density at radius 1 is 1.05 bits per heavy atom.